The first-order valence-corrected chi connectivity index (χ1v) is 15.1. The molecule has 2 rings (SSSR count). The van der Waals surface area contributed by atoms with Crippen LogP contribution in [0.3, 0.4) is 0 Å². The zero-order valence-corrected chi connectivity index (χ0v) is 25.9. The summed E-state index contributed by atoms with van der Waals surface area (Å²) >= 11 is 0. The number of phenols is 1. The summed E-state index contributed by atoms with van der Waals surface area (Å²) < 4.78 is 5.51. The third-order valence-corrected chi connectivity index (χ3v) is 6.75. The van der Waals surface area contributed by atoms with Crippen molar-refractivity contribution in [3.05, 3.63) is 71.8 Å². The zero-order valence-electron chi connectivity index (χ0n) is 25.9. The van der Waals surface area contributed by atoms with E-state index in [2.05, 4.69) is 31.1 Å². The first-order chi connectivity index (χ1) is 20.0. The van der Waals surface area contributed by atoms with Gasteiger partial charge in [0, 0.05) is 19.5 Å². The van der Waals surface area contributed by atoms with E-state index in [1.54, 1.807) is 43.9 Å². The molecule has 2 aromatic rings. The van der Waals surface area contributed by atoms with E-state index < -0.39 is 23.8 Å². The Labute approximate surface area is 251 Å². The Kier molecular flexibility index (Phi) is 14.1. The summed E-state index contributed by atoms with van der Waals surface area (Å²) in [6, 6.07) is 12.1. The fourth-order valence-corrected chi connectivity index (χ4v) is 4.61. The number of phenolic OH excluding ortho intramolecular Hbond substituents is 1. The van der Waals surface area contributed by atoms with Crippen LogP contribution in [0.25, 0.3) is 6.08 Å². The van der Waals surface area contributed by atoms with Crippen LogP contribution in [0.4, 0.5) is 4.79 Å². The van der Waals surface area contributed by atoms with E-state index in [1.807, 2.05) is 24.3 Å². The van der Waals surface area contributed by atoms with Crippen molar-refractivity contribution in [3.8, 4) is 5.75 Å². The average Bonchev–Trinajstić information content (AvgIpc) is 2.94. The van der Waals surface area contributed by atoms with Crippen LogP contribution in [-0.2, 0) is 20.7 Å². The Balaban J connectivity index is 2.57. The van der Waals surface area contributed by atoms with E-state index >= 15 is 0 Å². The molecule has 0 bridgehead atoms. The molecule has 8 heteroatoms. The molecule has 2 unspecified atom stereocenters. The van der Waals surface area contributed by atoms with Crippen LogP contribution in [0.1, 0.15) is 95.9 Å². The number of alkyl carbamates (subject to hydrolysis) is 1. The molecule has 0 saturated heterocycles. The SMILES string of the molecule is C=Cc1cccc(C(C(=O)NCCCC)N(CCCCCC)C(=O)C(Cc2ccc(O)cc2)NC(=O)OC(C)(C)C)c1. The molecule has 0 radical (unpaired) electrons. The summed E-state index contributed by atoms with van der Waals surface area (Å²) in [6.45, 7) is 14.1. The standard InChI is InChI=1S/C34H49N3O5/c1-7-10-12-13-22-37(30(31(39)35-21-11-8-2)27-16-14-15-25(9-3)23-27)32(40)29(36-33(41)42-34(4,5)6)24-26-17-19-28(38)20-18-26/h9,14-20,23,29-30,38H,3,7-8,10-13,21-22,24H2,1-2,4-6H3,(H,35,39)(H,36,41). The largest absolute Gasteiger partial charge is 0.508 e. The van der Waals surface area contributed by atoms with E-state index in [1.165, 1.54) is 12.1 Å². The van der Waals surface area contributed by atoms with Gasteiger partial charge in [0.15, 0.2) is 0 Å². The van der Waals surface area contributed by atoms with Gasteiger partial charge in [-0.2, -0.15) is 0 Å². The number of carbonyl (C=O) groups is 3. The van der Waals surface area contributed by atoms with Crippen LogP contribution in [0, 0.1) is 0 Å². The monoisotopic (exact) mass is 579 g/mol. The summed E-state index contributed by atoms with van der Waals surface area (Å²) in [7, 11) is 0. The second-order valence-corrected chi connectivity index (χ2v) is 11.6. The minimum absolute atomic E-state index is 0.102. The molecule has 230 valence electrons. The van der Waals surface area contributed by atoms with Crippen LogP contribution in [0.15, 0.2) is 55.1 Å². The maximum absolute atomic E-state index is 14.5. The van der Waals surface area contributed by atoms with Gasteiger partial charge in [-0.15, -0.1) is 0 Å². The van der Waals surface area contributed by atoms with Crippen molar-refractivity contribution in [1.29, 1.82) is 0 Å². The van der Waals surface area contributed by atoms with E-state index in [0.717, 1.165) is 43.2 Å². The molecule has 0 fully saturated rings. The molecule has 2 aromatic carbocycles. The molecule has 0 aliphatic carbocycles. The number of hydrogen-bond donors (Lipinski definition) is 3. The normalized spacial score (nSPS) is 12.6. The van der Waals surface area contributed by atoms with Crippen molar-refractivity contribution in [2.45, 2.75) is 97.2 Å². The smallest absolute Gasteiger partial charge is 0.408 e. The first kappa shape index (κ1) is 34.4. The van der Waals surface area contributed by atoms with Crippen LogP contribution in [-0.4, -0.2) is 52.6 Å². The number of carbonyl (C=O) groups excluding carboxylic acids is 3. The van der Waals surface area contributed by atoms with Crippen LogP contribution in [0.5, 0.6) is 5.75 Å². The highest BCUT2D eigenvalue weighted by Crippen LogP contribution is 2.26. The lowest BCUT2D eigenvalue weighted by Crippen LogP contribution is -2.54. The van der Waals surface area contributed by atoms with Gasteiger partial charge < -0.3 is 25.4 Å². The Morgan fingerprint density at radius 2 is 1.69 bits per heavy atom. The number of hydrogen-bond acceptors (Lipinski definition) is 5. The van der Waals surface area contributed by atoms with Gasteiger partial charge in [-0.3, -0.25) is 9.59 Å². The Morgan fingerprint density at radius 1 is 1.00 bits per heavy atom. The van der Waals surface area contributed by atoms with Crippen molar-refractivity contribution in [1.82, 2.24) is 15.5 Å². The van der Waals surface area contributed by atoms with E-state index in [0.29, 0.717) is 25.1 Å². The average molecular weight is 580 g/mol. The third kappa shape index (κ3) is 11.6. The van der Waals surface area contributed by atoms with Crippen molar-refractivity contribution in [2.24, 2.45) is 0 Å². The number of aromatic hydroxyl groups is 1. The molecule has 3 N–H and O–H groups in total. The van der Waals surface area contributed by atoms with Gasteiger partial charge in [0.05, 0.1) is 0 Å². The predicted molar refractivity (Wildman–Crippen MR) is 168 cm³/mol. The number of nitrogens with zero attached hydrogens (tertiary/aromatic N) is 1. The number of benzene rings is 2. The molecule has 0 aliphatic heterocycles. The lowest BCUT2D eigenvalue weighted by atomic mass is 9.98. The second kappa shape index (κ2) is 17.2. The molecule has 0 aromatic heterocycles. The van der Waals surface area contributed by atoms with Crippen LogP contribution >= 0.6 is 0 Å². The molecular formula is C34H49N3O5. The quantitative estimate of drug-likeness (QED) is 0.196. The molecule has 8 nitrogen and oxygen atoms in total. The van der Waals surface area contributed by atoms with Crippen LogP contribution in [0.2, 0.25) is 0 Å². The van der Waals surface area contributed by atoms with E-state index in [9.17, 15) is 19.5 Å². The number of ether oxygens (including phenoxy) is 1. The molecule has 0 heterocycles. The highest BCUT2D eigenvalue weighted by molar-refractivity contribution is 5.92. The molecular weight excluding hydrogens is 530 g/mol. The van der Waals surface area contributed by atoms with Crippen molar-refractivity contribution >= 4 is 24.0 Å². The van der Waals surface area contributed by atoms with Crippen molar-refractivity contribution < 1.29 is 24.2 Å². The maximum atomic E-state index is 14.5. The highest BCUT2D eigenvalue weighted by atomic mass is 16.6. The molecule has 0 saturated carbocycles. The van der Waals surface area contributed by atoms with Gasteiger partial charge in [-0.25, -0.2) is 4.79 Å². The molecule has 3 amide bonds. The Morgan fingerprint density at radius 3 is 2.31 bits per heavy atom. The Hall–Kier alpha value is -3.81. The molecule has 0 aliphatic rings. The van der Waals surface area contributed by atoms with E-state index in [-0.39, 0.29) is 24.0 Å². The second-order valence-electron chi connectivity index (χ2n) is 11.6. The Bertz CT molecular complexity index is 1160. The topological polar surface area (TPSA) is 108 Å². The van der Waals surface area contributed by atoms with Crippen LogP contribution < -0.4 is 10.6 Å². The molecule has 0 spiro atoms. The number of unbranched alkanes of at least 4 members (excludes halogenated alkanes) is 4. The lowest BCUT2D eigenvalue weighted by molar-refractivity contribution is -0.142. The van der Waals surface area contributed by atoms with Gasteiger partial charge >= 0.3 is 6.09 Å². The van der Waals surface area contributed by atoms with Gasteiger partial charge in [0.2, 0.25) is 11.8 Å². The van der Waals surface area contributed by atoms with Gasteiger partial charge in [0.25, 0.3) is 0 Å². The summed E-state index contributed by atoms with van der Waals surface area (Å²) in [5.41, 5.74) is 1.49. The minimum atomic E-state index is -1.01. The first-order valence-electron chi connectivity index (χ1n) is 15.1. The summed E-state index contributed by atoms with van der Waals surface area (Å²) in [4.78, 5) is 42.8. The predicted octanol–water partition coefficient (Wildman–Crippen LogP) is 6.54. The number of nitrogens with one attached hydrogen (secondary N) is 2. The third-order valence-electron chi connectivity index (χ3n) is 6.75. The minimum Gasteiger partial charge on any atom is -0.508 e. The molecule has 42 heavy (non-hydrogen) atoms. The van der Waals surface area contributed by atoms with Gasteiger partial charge in [-0.1, -0.05) is 82.5 Å². The zero-order chi connectivity index (χ0) is 31.1. The lowest BCUT2D eigenvalue weighted by Gasteiger charge is -2.35. The summed E-state index contributed by atoms with van der Waals surface area (Å²) in [5, 5.41) is 15.6. The summed E-state index contributed by atoms with van der Waals surface area (Å²) in [5.74, 6) is -0.551. The molecule has 2 atom stereocenters. The maximum Gasteiger partial charge on any atom is 0.408 e. The van der Waals surface area contributed by atoms with Crippen molar-refractivity contribution in [2.75, 3.05) is 13.1 Å². The number of rotatable bonds is 16. The summed E-state index contributed by atoms with van der Waals surface area (Å²) in [6.07, 6.45) is 6.53. The highest BCUT2D eigenvalue weighted by Gasteiger charge is 2.36. The van der Waals surface area contributed by atoms with Crippen molar-refractivity contribution in [3.63, 3.8) is 0 Å². The van der Waals surface area contributed by atoms with Gasteiger partial charge in [0.1, 0.15) is 23.4 Å². The van der Waals surface area contributed by atoms with E-state index in [4.69, 9.17) is 4.74 Å². The fraction of sp³-hybridized carbons (Fsp3) is 0.500. The fourth-order valence-electron chi connectivity index (χ4n) is 4.61. The number of amides is 3. The van der Waals surface area contributed by atoms with Gasteiger partial charge in [-0.05, 0) is 68.5 Å².